The summed E-state index contributed by atoms with van der Waals surface area (Å²) in [7, 11) is 0. The van der Waals surface area contributed by atoms with Crippen LogP contribution in [0.1, 0.15) is 68.2 Å². The SMILES string of the molecule is CC(C)N(CCCOCCN1CCN(CCOCCCN(C(C)C)C(C)C)c2ncc(N)cc21)C(C)C. The zero-order valence-electron chi connectivity index (χ0n) is 25.1. The maximum absolute atomic E-state index is 6.11. The number of nitrogen functional groups attached to an aromatic ring is 1. The highest BCUT2D eigenvalue weighted by molar-refractivity contribution is 5.72. The van der Waals surface area contributed by atoms with Gasteiger partial charge in [0.05, 0.1) is 30.8 Å². The van der Waals surface area contributed by atoms with E-state index in [-0.39, 0.29) is 0 Å². The van der Waals surface area contributed by atoms with E-state index in [4.69, 9.17) is 15.2 Å². The normalized spacial score (nSPS) is 14.3. The molecule has 0 saturated carbocycles. The number of hydrogen-bond donors (Lipinski definition) is 1. The second kappa shape index (κ2) is 16.4. The van der Waals surface area contributed by atoms with Crippen molar-refractivity contribution >= 4 is 17.2 Å². The third-order valence-corrected chi connectivity index (χ3v) is 7.22. The third kappa shape index (κ3) is 10.6. The number of anilines is 3. The summed E-state index contributed by atoms with van der Waals surface area (Å²) in [5.74, 6) is 0.999. The van der Waals surface area contributed by atoms with E-state index in [2.05, 4.69) is 80.0 Å². The molecule has 37 heavy (non-hydrogen) atoms. The summed E-state index contributed by atoms with van der Waals surface area (Å²) in [5.41, 5.74) is 7.91. The molecule has 0 aliphatic carbocycles. The summed E-state index contributed by atoms with van der Waals surface area (Å²) in [4.78, 5) is 14.4. The van der Waals surface area contributed by atoms with Gasteiger partial charge in [-0.05, 0) is 74.3 Å². The highest BCUT2D eigenvalue weighted by Crippen LogP contribution is 2.32. The summed E-state index contributed by atoms with van der Waals surface area (Å²) in [6.45, 7) is 26.8. The number of aromatic nitrogens is 1. The summed E-state index contributed by atoms with van der Waals surface area (Å²) in [5, 5.41) is 0. The lowest BCUT2D eigenvalue weighted by molar-refractivity contribution is 0.108. The summed E-state index contributed by atoms with van der Waals surface area (Å²) < 4.78 is 12.0. The molecule has 0 aromatic carbocycles. The second-order valence-electron chi connectivity index (χ2n) is 11.4. The molecule has 2 heterocycles. The van der Waals surface area contributed by atoms with Crippen LogP contribution in [0.2, 0.25) is 0 Å². The highest BCUT2D eigenvalue weighted by atomic mass is 16.5. The Morgan fingerprint density at radius 1 is 0.757 bits per heavy atom. The first-order valence-electron chi connectivity index (χ1n) is 14.5. The molecule has 1 aliphatic heterocycles. The molecule has 0 saturated heterocycles. The lowest BCUT2D eigenvalue weighted by Gasteiger charge is -2.38. The van der Waals surface area contributed by atoms with Gasteiger partial charge in [0.1, 0.15) is 0 Å². The average Bonchev–Trinajstić information content (AvgIpc) is 2.82. The molecule has 214 valence electrons. The molecule has 0 amide bonds. The Balaban J connectivity index is 1.75. The first-order valence-corrected chi connectivity index (χ1v) is 14.5. The lowest BCUT2D eigenvalue weighted by Crippen LogP contribution is -2.44. The fourth-order valence-corrected chi connectivity index (χ4v) is 5.33. The van der Waals surface area contributed by atoms with Crippen molar-refractivity contribution in [2.24, 2.45) is 0 Å². The van der Waals surface area contributed by atoms with E-state index in [1.165, 1.54) is 0 Å². The van der Waals surface area contributed by atoms with Crippen LogP contribution in [0.25, 0.3) is 0 Å². The molecule has 2 N–H and O–H groups in total. The summed E-state index contributed by atoms with van der Waals surface area (Å²) in [6.07, 6.45) is 3.87. The Labute approximate surface area is 227 Å². The van der Waals surface area contributed by atoms with Crippen molar-refractivity contribution in [3.63, 3.8) is 0 Å². The zero-order chi connectivity index (χ0) is 27.4. The van der Waals surface area contributed by atoms with Gasteiger partial charge in [-0.2, -0.15) is 0 Å². The minimum atomic E-state index is 0.566. The summed E-state index contributed by atoms with van der Waals surface area (Å²) >= 11 is 0. The van der Waals surface area contributed by atoms with Gasteiger partial charge in [-0.15, -0.1) is 0 Å². The number of pyridine rings is 1. The maximum atomic E-state index is 6.11. The molecule has 0 atom stereocenters. The van der Waals surface area contributed by atoms with Crippen molar-refractivity contribution in [1.82, 2.24) is 14.8 Å². The standard InChI is InChI=1S/C29H56N6O2/c1-23(2)34(24(3)4)11-9-17-36-19-15-32-13-14-33(29-28(32)21-27(30)22-31-29)16-20-37-18-10-12-35(25(5)6)26(7)8/h21-26H,9-20,30H2,1-8H3. The van der Waals surface area contributed by atoms with Gasteiger partial charge in [0.2, 0.25) is 0 Å². The van der Waals surface area contributed by atoms with Crippen molar-refractivity contribution < 1.29 is 9.47 Å². The van der Waals surface area contributed by atoms with Gasteiger partial charge in [0, 0.05) is 76.6 Å². The Bertz CT molecular complexity index is 742. The zero-order valence-corrected chi connectivity index (χ0v) is 25.1. The van der Waals surface area contributed by atoms with Crippen LogP contribution in [-0.2, 0) is 9.47 Å². The lowest BCUT2D eigenvalue weighted by atomic mass is 10.2. The van der Waals surface area contributed by atoms with Crippen molar-refractivity contribution in [3.05, 3.63) is 12.3 Å². The van der Waals surface area contributed by atoms with E-state index >= 15 is 0 Å². The quantitative estimate of drug-likeness (QED) is 0.287. The molecular weight excluding hydrogens is 464 g/mol. The Morgan fingerprint density at radius 3 is 1.70 bits per heavy atom. The third-order valence-electron chi connectivity index (χ3n) is 7.22. The smallest absolute Gasteiger partial charge is 0.152 e. The van der Waals surface area contributed by atoms with Gasteiger partial charge in [0.25, 0.3) is 0 Å². The molecule has 0 radical (unpaired) electrons. The van der Waals surface area contributed by atoms with Crippen molar-refractivity contribution in [3.8, 4) is 0 Å². The molecule has 8 heteroatoms. The Morgan fingerprint density at radius 2 is 1.22 bits per heavy atom. The van der Waals surface area contributed by atoms with E-state index in [0.29, 0.717) is 43.1 Å². The van der Waals surface area contributed by atoms with E-state index < -0.39 is 0 Å². The highest BCUT2D eigenvalue weighted by Gasteiger charge is 2.24. The van der Waals surface area contributed by atoms with Crippen LogP contribution in [0.3, 0.4) is 0 Å². The molecule has 1 aliphatic rings. The number of hydrogen-bond acceptors (Lipinski definition) is 8. The maximum Gasteiger partial charge on any atom is 0.152 e. The van der Waals surface area contributed by atoms with Crippen LogP contribution in [0, 0.1) is 0 Å². The molecule has 1 aromatic heterocycles. The first-order chi connectivity index (χ1) is 17.6. The topological polar surface area (TPSA) is 70.3 Å². The minimum Gasteiger partial charge on any atom is -0.397 e. The van der Waals surface area contributed by atoms with Gasteiger partial charge in [-0.1, -0.05) is 0 Å². The molecule has 1 aromatic rings. The molecule has 0 bridgehead atoms. The van der Waals surface area contributed by atoms with Crippen molar-refractivity contribution in [2.75, 3.05) is 81.2 Å². The Kier molecular flexibility index (Phi) is 14.0. The summed E-state index contributed by atoms with van der Waals surface area (Å²) in [6, 6.07) is 4.31. The van der Waals surface area contributed by atoms with Crippen LogP contribution in [0.4, 0.5) is 17.2 Å². The van der Waals surface area contributed by atoms with Crippen molar-refractivity contribution in [2.45, 2.75) is 92.4 Å². The van der Waals surface area contributed by atoms with Crippen LogP contribution < -0.4 is 15.5 Å². The van der Waals surface area contributed by atoms with E-state index in [0.717, 1.165) is 76.8 Å². The molecular formula is C29H56N6O2. The van der Waals surface area contributed by atoms with E-state index in [1.54, 1.807) is 6.20 Å². The average molecular weight is 521 g/mol. The van der Waals surface area contributed by atoms with Gasteiger partial charge in [0.15, 0.2) is 5.82 Å². The number of fused-ring (bicyclic) bond motifs is 1. The van der Waals surface area contributed by atoms with Crippen LogP contribution in [0.15, 0.2) is 12.3 Å². The van der Waals surface area contributed by atoms with Gasteiger partial charge < -0.3 is 25.0 Å². The van der Waals surface area contributed by atoms with Crippen LogP contribution in [0.5, 0.6) is 0 Å². The number of nitrogens with two attached hydrogens (primary N) is 1. The molecule has 8 nitrogen and oxygen atoms in total. The van der Waals surface area contributed by atoms with E-state index in [1.807, 2.05) is 6.07 Å². The van der Waals surface area contributed by atoms with Crippen molar-refractivity contribution in [1.29, 1.82) is 0 Å². The number of nitrogens with zero attached hydrogens (tertiary/aromatic N) is 5. The first kappa shape index (κ1) is 31.6. The fourth-order valence-electron chi connectivity index (χ4n) is 5.33. The Hall–Kier alpha value is -1.61. The predicted molar refractivity (Wildman–Crippen MR) is 158 cm³/mol. The molecule has 0 fully saturated rings. The minimum absolute atomic E-state index is 0.566. The molecule has 0 unspecified atom stereocenters. The second-order valence-corrected chi connectivity index (χ2v) is 11.4. The largest absolute Gasteiger partial charge is 0.397 e. The van der Waals surface area contributed by atoms with Crippen LogP contribution >= 0.6 is 0 Å². The molecule has 2 rings (SSSR count). The van der Waals surface area contributed by atoms with E-state index in [9.17, 15) is 0 Å². The number of ether oxygens (including phenoxy) is 2. The van der Waals surface area contributed by atoms with Crippen LogP contribution in [-0.4, -0.2) is 105 Å². The molecule has 0 spiro atoms. The predicted octanol–water partition coefficient (Wildman–Crippen LogP) is 4.34. The monoisotopic (exact) mass is 520 g/mol. The number of rotatable bonds is 18. The van der Waals surface area contributed by atoms with Gasteiger partial charge in [-0.25, -0.2) is 4.98 Å². The van der Waals surface area contributed by atoms with Gasteiger partial charge in [-0.3, -0.25) is 9.80 Å². The fraction of sp³-hybridized carbons (Fsp3) is 0.828. The van der Waals surface area contributed by atoms with Gasteiger partial charge >= 0.3 is 0 Å².